The van der Waals surface area contributed by atoms with Gasteiger partial charge in [-0.1, -0.05) is 6.92 Å². The molecular weight excluding hydrogens is 296 g/mol. The normalized spacial score (nSPS) is 9.59. The van der Waals surface area contributed by atoms with Gasteiger partial charge in [0.2, 0.25) is 6.79 Å². The standard InChI is InChI=1S/C13H16N2O7/c1-4-10(17)22-15-13(18)11-12(21-7-20-8(2)16)9(19-3)5-6-14-11/h5-6H,4,7H2,1-3H3,(H,15,18). The Morgan fingerprint density at radius 2 is 2.05 bits per heavy atom. The molecule has 0 aliphatic carbocycles. The van der Waals surface area contributed by atoms with E-state index in [1.165, 1.54) is 26.3 Å². The van der Waals surface area contributed by atoms with E-state index in [4.69, 9.17) is 9.47 Å². The van der Waals surface area contributed by atoms with E-state index in [2.05, 4.69) is 14.6 Å². The second-order valence-corrected chi connectivity index (χ2v) is 3.85. The zero-order valence-corrected chi connectivity index (χ0v) is 12.4. The predicted molar refractivity (Wildman–Crippen MR) is 71.9 cm³/mol. The molecule has 1 rings (SSSR count). The van der Waals surface area contributed by atoms with Crippen LogP contribution in [0, 0.1) is 0 Å². The lowest BCUT2D eigenvalue weighted by Gasteiger charge is -2.13. The van der Waals surface area contributed by atoms with Crippen LogP contribution in [0.2, 0.25) is 0 Å². The van der Waals surface area contributed by atoms with Gasteiger partial charge in [0.1, 0.15) is 0 Å². The molecule has 0 fully saturated rings. The zero-order chi connectivity index (χ0) is 16.5. The van der Waals surface area contributed by atoms with Crippen LogP contribution in [-0.4, -0.2) is 36.7 Å². The molecule has 0 radical (unpaired) electrons. The topological polar surface area (TPSA) is 113 Å². The monoisotopic (exact) mass is 312 g/mol. The summed E-state index contributed by atoms with van der Waals surface area (Å²) >= 11 is 0. The summed E-state index contributed by atoms with van der Waals surface area (Å²) in [5, 5.41) is 0. The lowest BCUT2D eigenvalue weighted by molar-refractivity contribution is -0.149. The Balaban J connectivity index is 2.89. The number of hydrogen-bond acceptors (Lipinski definition) is 8. The molecule has 0 saturated carbocycles. The second kappa shape index (κ2) is 8.45. The highest BCUT2D eigenvalue weighted by Crippen LogP contribution is 2.29. The van der Waals surface area contributed by atoms with E-state index in [1.54, 1.807) is 6.92 Å². The van der Waals surface area contributed by atoms with E-state index in [0.717, 1.165) is 0 Å². The van der Waals surface area contributed by atoms with Crippen LogP contribution in [0.15, 0.2) is 12.3 Å². The first-order valence-electron chi connectivity index (χ1n) is 6.28. The van der Waals surface area contributed by atoms with E-state index in [-0.39, 0.29) is 23.6 Å². The lowest BCUT2D eigenvalue weighted by Crippen LogP contribution is -2.28. The van der Waals surface area contributed by atoms with Gasteiger partial charge < -0.3 is 19.0 Å². The third-order valence-corrected chi connectivity index (χ3v) is 2.32. The van der Waals surface area contributed by atoms with Gasteiger partial charge in [-0.2, -0.15) is 5.48 Å². The molecular formula is C13H16N2O7. The fraction of sp³-hybridized carbons (Fsp3) is 0.385. The molecule has 1 amide bonds. The minimum Gasteiger partial charge on any atom is -0.493 e. The number of hydrogen-bond donors (Lipinski definition) is 1. The van der Waals surface area contributed by atoms with Gasteiger partial charge in [0.15, 0.2) is 17.2 Å². The van der Waals surface area contributed by atoms with Crippen LogP contribution in [-0.2, 0) is 19.2 Å². The van der Waals surface area contributed by atoms with Crippen molar-refractivity contribution in [3.05, 3.63) is 18.0 Å². The number of aromatic nitrogens is 1. The highest BCUT2D eigenvalue weighted by Gasteiger charge is 2.20. The van der Waals surface area contributed by atoms with Gasteiger partial charge >= 0.3 is 17.8 Å². The maximum atomic E-state index is 12.0. The van der Waals surface area contributed by atoms with Gasteiger partial charge in [-0.15, -0.1) is 0 Å². The Bertz CT molecular complexity index is 559. The van der Waals surface area contributed by atoms with Crippen LogP contribution in [0.3, 0.4) is 0 Å². The number of methoxy groups -OCH3 is 1. The Kier molecular flexibility index (Phi) is 6.61. The first-order chi connectivity index (χ1) is 10.5. The number of ether oxygens (including phenoxy) is 3. The number of carbonyl (C=O) groups excluding carboxylic acids is 3. The fourth-order valence-corrected chi connectivity index (χ4v) is 1.29. The van der Waals surface area contributed by atoms with Crippen LogP contribution in [0.25, 0.3) is 0 Å². The van der Waals surface area contributed by atoms with Crippen molar-refractivity contribution in [1.82, 2.24) is 10.5 Å². The van der Waals surface area contributed by atoms with E-state index in [1.807, 2.05) is 5.48 Å². The van der Waals surface area contributed by atoms with E-state index < -0.39 is 24.6 Å². The van der Waals surface area contributed by atoms with Gasteiger partial charge in [0, 0.05) is 25.6 Å². The third kappa shape index (κ3) is 4.93. The maximum Gasteiger partial charge on any atom is 0.331 e. The molecule has 0 unspecified atom stereocenters. The van der Waals surface area contributed by atoms with E-state index >= 15 is 0 Å². The van der Waals surface area contributed by atoms with Crippen molar-refractivity contribution in [3.8, 4) is 11.5 Å². The molecule has 0 saturated heterocycles. The molecule has 22 heavy (non-hydrogen) atoms. The summed E-state index contributed by atoms with van der Waals surface area (Å²) in [6, 6.07) is 1.46. The molecule has 0 aliphatic rings. The van der Waals surface area contributed by atoms with Crippen molar-refractivity contribution in [2.45, 2.75) is 20.3 Å². The number of hydroxylamine groups is 1. The van der Waals surface area contributed by atoms with Crippen molar-refractivity contribution in [1.29, 1.82) is 0 Å². The second-order valence-electron chi connectivity index (χ2n) is 3.85. The first kappa shape index (κ1) is 17.2. The van der Waals surface area contributed by atoms with Gasteiger partial charge in [-0.25, -0.2) is 9.78 Å². The fourth-order valence-electron chi connectivity index (χ4n) is 1.29. The number of carbonyl (C=O) groups is 3. The van der Waals surface area contributed by atoms with Crippen LogP contribution >= 0.6 is 0 Å². The molecule has 1 N–H and O–H groups in total. The molecule has 1 aromatic heterocycles. The summed E-state index contributed by atoms with van der Waals surface area (Å²) in [4.78, 5) is 42.1. The zero-order valence-electron chi connectivity index (χ0n) is 12.4. The molecule has 1 aromatic rings. The van der Waals surface area contributed by atoms with Gasteiger partial charge in [0.05, 0.1) is 7.11 Å². The summed E-state index contributed by atoms with van der Waals surface area (Å²) in [5.41, 5.74) is 1.76. The van der Waals surface area contributed by atoms with Crippen molar-refractivity contribution < 1.29 is 33.4 Å². The van der Waals surface area contributed by atoms with Crippen LogP contribution in [0.4, 0.5) is 0 Å². The average Bonchev–Trinajstić information content (AvgIpc) is 2.51. The molecule has 9 heteroatoms. The van der Waals surface area contributed by atoms with Crippen molar-refractivity contribution in [3.63, 3.8) is 0 Å². The van der Waals surface area contributed by atoms with Crippen molar-refractivity contribution in [2.24, 2.45) is 0 Å². The summed E-state index contributed by atoms with van der Waals surface area (Å²) in [6.07, 6.45) is 1.41. The van der Waals surface area contributed by atoms with E-state index in [9.17, 15) is 14.4 Å². The first-order valence-corrected chi connectivity index (χ1v) is 6.28. The lowest BCUT2D eigenvalue weighted by atomic mass is 10.3. The Labute approximate surface area is 126 Å². The smallest absolute Gasteiger partial charge is 0.331 e. The number of rotatable bonds is 6. The number of nitrogens with zero attached hydrogens (tertiary/aromatic N) is 1. The average molecular weight is 312 g/mol. The molecule has 0 bridgehead atoms. The molecule has 0 aliphatic heterocycles. The van der Waals surface area contributed by atoms with Crippen molar-refractivity contribution in [2.75, 3.05) is 13.9 Å². The minimum atomic E-state index is -0.807. The molecule has 9 nitrogen and oxygen atoms in total. The largest absolute Gasteiger partial charge is 0.493 e. The summed E-state index contributed by atoms with van der Waals surface area (Å²) < 4.78 is 14.9. The predicted octanol–water partition coefficient (Wildman–Crippen LogP) is 0.588. The highest BCUT2D eigenvalue weighted by molar-refractivity contribution is 5.95. The van der Waals surface area contributed by atoms with Crippen molar-refractivity contribution >= 4 is 17.8 Å². The third-order valence-electron chi connectivity index (χ3n) is 2.32. The maximum absolute atomic E-state index is 12.0. The van der Waals surface area contributed by atoms with Gasteiger partial charge in [-0.3, -0.25) is 9.59 Å². The molecule has 0 aromatic carbocycles. The van der Waals surface area contributed by atoms with Crippen LogP contribution in [0.1, 0.15) is 30.8 Å². The summed E-state index contributed by atoms with van der Waals surface area (Å²) in [7, 11) is 1.37. The number of esters is 1. The van der Waals surface area contributed by atoms with Crippen LogP contribution < -0.4 is 15.0 Å². The number of amides is 1. The Hall–Kier alpha value is -2.84. The van der Waals surface area contributed by atoms with E-state index in [0.29, 0.717) is 0 Å². The quantitative estimate of drug-likeness (QED) is 0.461. The van der Waals surface area contributed by atoms with Crippen LogP contribution in [0.5, 0.6) is 11.5 Å². The molecule has 120 valence electrons. The Morgan fingerprint density at radius 1 is 1.32 bits per heavy atom. The molecule has 1 heterocycles. The Morgan fingerprint density at radius 3 is 2.64 bits per heavy atom. The SMILES string of the molecule is CCC(=O)ONC(=O)c1nccc(OC)c1OCOC(C)=O. The summed E-state index contributed by atoms with van der Waals surface area (Å²) in [5.74, 6) is -1.81. The summed E-state index contributed by atoms with van der Waals surface area (Å²) in [6.45, 7) is 2.36. The number of pyridine rings is 1. The highest BCUT2D eigenvalue weighted by atomic mass is 16.7. The molecule has 0 atom stereocenters. The van der Waals surface area contributed by atoms with Gasteiger partial charge in [0.25, 0.3) is 0 Å². The minimum absolute atomic E-state index is 0.0451. The number of nitrogens with one attached hydrogen (secondary N) is 1. The molecule has 0 spiro atoms. The van der Waals surface area contributed by atoms with Gasteiger partial charge in [-0.05, 0) is 0 Å².